The van der Waals surface area contributed by atoms with Crippen LogP contribution in [-0.2, 0) is 58.0 Å². The van der Waals surface area contributed by atoms with Crippen molar-refractivity contribution in [3.8, 4) is 0 Å². The minimum Gasteiger partial charge on any atom is -0.454 e. The van der Waals surface area contributed by atoms with Gasteiger partial charge < -0.3 is 24.4 Å². The van der Waals surface area contributed by atoms with Crippen LogP contribution in [0, 0.1) is 0 Å². The number of esters is 3. The molecule has 1 aromatic rings. The molecule has 1 aromatic heterocycles. The van der Waals surface area contributed by atoms with Crippen LogP contribution in [0.5, 0.6) is 0 Å². The van der Waals surface area contributed by atoms with Crippen molar-refractivity contribution in [1.29, 1.82) is 0 Å². The van der Waals surface area contributed by atoms with Crippen molar-refractivity contribution >= 4 is 60.9 Å². The van der Waals surface area contributed by atoms with Crippen LogP contribution in [0.25, 0.3) is 0 Å². The van der Waals surface area contributed by atoms with Crippen LogP contribution in [0.4, 0.5) is 0 Å². The zero-order chi connectivity index (χ0) is 28.8. The van der Waals surface area contributed by atoms with Gasteiger partial charge in [0.2, 0.25) is 15.9 Å². The molecule has 1 aliphatic heterocycles. The molecule has 2 atom stereocenters. The van der Waals surface area contributed by atoms with E-state index < -0.39 is 87.2 Å². The standard InChI is InChI=1S/C20H27N3O12S3/c1-4-23(14-5-11(2)37(29,30)20-13(14)6-19(36-20)38(21,31)32)16(26)7-22-15(25)8-34-18(28)10-35-17(27)9-33-12(3)24/h6,11,14H,4-5,7-10H2,1-3H3,(H,22,25)(H2,21,31,32)/t11-,14-/m0/s1. The summed E-state index contributed by atoms with van der Waals surface area (Å²) in [5.41, 5.74) is 0.135. The Balaban J connectivity index is 1.98. The fourth-order valence-corrected chi connectivity index (χ4v) is 7.83. The van der Waals surface area contributed by atoms with E-state index in [1.165, 1.54) is 11.8 Å². The Morgan fingerprint density at radius 3 is 2.24 bits per heavy atom. The van der Waals surface area contributed by atoms with E-state index in [0.717, 1.165) is 13.0 Å². The molecule has 2 heterocycles. The highest BCUT2D eigenvalue weighted by Gasteiger charge is 2.42. The molecule has 0 radical (unpaired) electrons. The topological polar surface area (TPSA) is 223 Å². The van der Waals surface area contributed by atoms with Gasteiger partial charge in [-0.05, 0) is 26.3 Å². The number of nitrogens with one attached hydrogen (secondary N) is 1. The van der Waals surface area contributed by atoms with Crippen molar-refractivity contribution < 1.29 is 55.0 Å². The number of nitrogens with two attached hydrogens (primary N) is 1. The number of amides is 2. The summed E-state index contributed by atoms with van der Waals surface area (Å²) in [5.74, 6) is -4.23. The Hall–Kier alpha value is -3.09. The van der Waals surface area contributed by atoms with E-state index >= 15 is 0 Å². The van der Waals surface area contributed by atoms with Gasteiger partial charge in [0.1, 0.15) is 8.42 Å². The number of rotatable bonds is 11. The van der Waals surface area contributed by atoms with Crippen molar-refractivity contribution in [2.24, 2.45) is 5.14 Å². The molecular formula is C20H27N3O12S3. The molecule has 2 amide bonds. The Morgan fingerprint density at radius 1 is 1.11 bits per heavy atom. The van der Waals surface area contributed by atoms with E-state index in [1.54, 1.807) is 6.92 Å². The van der Waals surface area contributed by atoms with Gasteiger partial charge in [-0.3, -0.25) is 14.4 Å². The second-order valence-corrected chi connectivity index (χ2v) is 13.4. The number of hydrogen-bond acceptors (Lipinski definition) is 13. The third-order valence-corrected chi connectivity index (χ3v) is 10.6. The van der Waals surface area contributed by atoms with Crippen molar-refractivity contribution in [2.45, 2.75) is 46.9 Å². The van der Waals surface area contributed by atoms with E-state index in [1.807, 2.05) is 0 Å². The van der Waals surface area contributed by atoms with Crippen LogP contribution in [0.3, 0.4) is 0 Å². The Morgan fingerprint density at radius 2 is 1.68 bits per heavy atom. The number of carbonyl (C=O) groups excluding carboxylic acids is 5. The van der Waals surface area contributed by atoms with Crippen molar-refractivity contribution in [1.82, 2.24) is 10.2 Å². The monoisotopic (exact) mass is 597 g/mol. The minimum absolute atomic E-state index is 0.00254. The minimum atomic E-state index is -4.19. The number of primary sulfonamides is 1. The molecular weight excluding hydrogens is 570 g/mol. The lowest BCUT2D eigenvalue weighted by Gasteiger charge is -2.36. The molecule has 3 N–H and O–H groups in total. The smallest absolute Gasteiger partial charge is 0.344 e. The second-order valence-electron chi connectivity index (χ2n) is 8.02. The largest absolute Gasteiger partial charge is 0.454 e. The first-order valence-corrected chi connectivity index (χ1v) is 14.9. The van der Waals surface area contributed by atoms with E-state index in [9.17, 15) is 40.8 Å². The lowest BCUT2D eigenvalue weighted by atomic mass is 10.0. The molecule has 0 bridgehead atoms. The average molecular weight is 598 g/mol. The number of sulfone groups is 1. The molecule has 38 heavy (non-hydrogen) atoms. The normalized spacial score (nSPS) is 18.0. The number of hydrogen-bond donors (Lipinski definition) is 2. The van der Waals surface area contributed by atoms with Gasteiger partial charge in [0.15, 0.2) is 29.7 Å². The van der Waals surface area contributed by atoms with Crippen LogP contribution in [0.2, 0.25) is 0 Å². The molecule has 1 aliphatic rings. The third-order valence-electron chi connectivity index (χ3n) is 5.27. The highest BCUT2D eigenvalue weighted by atomic mass is 32.3. The first kappa shape index (κ1) is 31.1. The summed E-state index contributed by atoms with van der Waals surface area (Å²) < 4.78 is 62.2. The molecule has 212 valence electrons. The molecule has 0 aromatic carbocycles. The van der Waals surface area contributed by atoms with Gasteiger partial charge in [-0.15, -0.1) is 11.3 Å². The van der Waals surface area contributed by atoms with Crippen LogP contribution in [0.15, 0.2) is 14.5 Å². The Bertz CT molecular complexity index is 1320. The summed E-state index contributed by atoms with van der Waals surface area (Å²) >= 11 is 0.523. The van der Waals surface area contributed by atoms with Crippen LogP contribution >= 0.6 is 11.3 Å². The van der Waals surface area contributed by atoms with Gasteiger partial charge in [0.25, 0.3) is 5.91 Å². The highest BCUT2D eigenvalue weighted by Crippen LogP contribution is 2.44. The van der Waals surface area contributed by atoms with Crippen LogP contribution in [-0.4, -0.2) is 89.6 Å². The van der Waals surface area contributed by atoms with Gasteiger partial charge >= 0.3 is 17.9 Å². The fraction of sp³-hybridized carbons (Fsp3) is 0.550. The first-order valence-electron chi connectivity index (χ1n) is 11.0. The predicted molar refractivity (Wildman–Crippen MR) is 129 cm³/mol. The second kappa shape index (κ2) is 12.6. The van der Waals surface area contributed by atoms with E-state index in [2.05, 4.69) is 19.5 Å². The van der Waals surface area contributed by atoms with E-state index in [-0.39, 0.29) is 26.9 Å². The summed E-state index contributed by atoms with van der Waals surface area (Å²) in [6.07, 6.45) is -0.00254. The molecule has 18 heteroatoms. The average Bonchev–Trinajstić information content (AvgIpc) is 3.30. The quantitative estimate of drug-likeness (QED) is 0.222. The Labute approximate surface area is 222 Å². The van der Waals surface area contributed by atoms with Gasteiger partial charge in [0.05, 0.1) is 17.8 Å². The summed E-state index contributed by atoms with van der Waals surface area (Å²) in [6, 6.07) is 0.361. The van der Waals surface area contributed by atoms with Crippen molar-refractivity contribution in [3.63, 3.8) is 0 Å². The molecule has 2 rings (SSSR count). The maximum Gasteiger partial charge on any atom is 0.344 e. The number of sulfonamides is 1. The fourth-order valence-electron chi connectivity index (χ4n) is 3.43. The maximum atomic E-state index is 12.9. The third kappa shape index (κ3) is 7.95. The molecule has 0 saturated carbocycles. The van der Waals surface area contributed by atoms with E-state index in [4.69, 9.17) is 5.14 Å². The summed E-state index contributed by atoms with van der Waals surface area (Å²) in [5, 5.41) is 6.53. The predicted octanol–water partition coefficient (Wildman–Crippen LogP) is -1.38. The van der Waals surface area contributed by atoms with Crippen molar-refractivity contribution in [2.75, 3.05) is 32.9 Å². The maximum absolute atomic E-state index is 12.9. The molecule has 0 spiro atoms. The molecule has 15 nitrogen and oxygen atoms in total. The molecule has 0 saturated heterocycles. The van der Waals surface area contributed by atoms with Crippen molar-refractivity contribution in [3.05, 3.63) is 11.6 Å². The molecule has 0 aliphatic carbocycles. The highest BCUT2D eigenvalue weighted by molar-refractivity contribution is 7.95. The van der Waals surface area contributed by atoms with Gasteiger partial charge in [0, 0.05) is 19.0 Å². The zero-order valence-corrected chi connectivity index (χ0v) is 23.1. The number of fused-ring (bicyclic) bond motifs is 1. The van der Waals surface area contributed by atoms with Crippen LogP contribution in [0.1, 0.15) is 38.8 Å². The summed E-state index contributed by atoms with van der Waals surface area (Å²) in [7, 11) is -8.02. The lowest BCUT2D eigenvalue weighted by Crippen LogP contribution is -2.45. The number of likely N-dealkylation sites (N-methyl/N-ethyl adjacent to an activating group) is 1. The Kier molecular flexibility index (Phi) is 10.4. The lowest BCUT2D eigenvalue weighted by molar-refractivity contribution is -0.165. The SMILES string of the molecule is CCN(C(=O)CNC(=O)COC(=O)COC(=O)COC(C)=O)[C@H]1C[C@H](C)S(=O)(=O)c2sc(S(N)(=O)=O)cc21. The molecule has 0 unspecified atom stereocenters. The first-order chi connectivity index (χ1) is 17.6. The number of nitrogens with zero attached hydrogens (tertiary/aromatic N) is 1. The van der Waals surface area contributed by atoms with Gasteiger partial charge in [-0.2, -0.15) is 0 Å². The van der Waals surface area contributed by atoms with Gasteiger partial charge in [-0.25, -0.2) is 31.6 Å². The number of ether oxygens (including phenoxy) is 3. The van der Waals surface area contributed by atoms with Gasteiger partial charge in [-0.1, -0.05) is 0 Å². The van der Waals surface area contributed by atoms with E-state index in [0.29, 0.717) is 11.3 Å². The molecule has 0 fully saturated rings. The van der Waals surface area contributed by atoms with Crippen LogP contribution < -0.4 is 10.5 Å². The zero-order valence-electron chi connectivity index (χ0n) is 20.6. The summed E-state index contributed by atoms with van der Waals surface area (Å²) in [4.78, 5) is 59.7. The summed E-state index contributed by atoms with van der Waals surface area (Å²) in [6.45, 7) is 1.43. The number of thiophene rings is 1. The number of carbonyl (C=O) groups is 5.